The summed E-state index contributed by atoms with van der Waals surface area (Å²) in [5.74, 6) is -6.66. The number of fused-ring (bicyclic) bond motifs is 1. The molecule has 0 aliphatic rings. The van der Waals surface area contributed by atoms with Gasteiger partial charge in [-0.1, -0.05) is 5.16 Å². The number of H-pyrrole nitrogens is 1. The molecule has 1 aromatic carbocycles. The van der Waals surface area contributed by atoms with Crippen LogP contribution in [0.3, 0.4) is 0 Å². The number of nitrogens with one attached hydrogen (secondary N) is 2. The predicted octanol–water partition coefficient (Wildman–Crippen LogP) is 2.41. The molecule has 0 aliphatic carbocycles. The van der Waals surface area contributed by atoms with Crippen molar-refractivity contribution in [2.75, 3.05) is 18.5 Å². The number of carbonyl (C=O) groups is 2. The molecule has 6 N–H and O–H groups in total. The maximum Gasteiger partial charge on any atom is 0.491 e. The number of hydrogen-bond donors (Lipinski definition) is 4. The first-order valence-electron chi connectivity index (χ1n) is 9.21. The van der Waals surface area contributed by atoms with Crippen LogP contribution in [0, 0.1) is 5.82 Å². The molecule has 1 amide bonds. The van der Waals surface area contributed by atoms with Gasteiger partial charge in [0.15, 0.2) is 23.0 Å². The van der Waals surface area contributed by atoms with Gasteiger partial charge in [0.25, 0.3) is 5.91 Å². The second-order valence-electron chi connectivity index (χ2n) is 6.77. The third-order valence-corrected chi connectivity index (χ3v) is 4.74. The Morgan fingerprint density at radius 2 is 1.94 bits per heavy atom. The molecular weight excluding hydrogens is 466 g/mol. The lowest BCUT2D eigenvalue weighted by Crippen LogP contribution is -2.29. The molecule has 11 nitrogen and oxygen atoms in total. The number of halogens is 4. The molecule has 0 fully saturated rings. The minimum absolute atomic E-state index is 0.0154. The second kappa shape index (κ2) is 8.02. The number of nitrogen functional groups attached to an aromatic ring is 2. The lowest BCUT2D eigenvalue weighted by atomic mass is 9.99. The molecule has 0 aliphatic heterocycles. The highest BCUT2D eigenvalue weighted by molar-refractivity contribution is 6.07. The molecule has 176 valence electrons. The highest BCUT2D eigenvalue weighted by atomic mass is 19.4. The summed E-state index contributed by atoms with van der Waals surface area (Å²) in [6.07, 6.45) is -1.25. The predicted molar refractivity (Wildman–Crippen MR) is 109 cm³/mol. The van der Waals surface area contributed by atoms with Crippen molar-refractivity contribution in [2.24, 2.45) is 0 Å². The summed E-state index contributed by atoms with van der Waals surface area (Å²) in [6, 6.07) is 0.931. The first kappa shape index (κ1) is 22.5. The van der Waals surface area contributed by atoms with Crippen molar-refractivity contribution in [1.82, 2.24) is 25.7 Å². The number of alkyl halides is 3. The van der Waals surface area contributed by atoms with Gasteiger partial charge in [-0.3, -0.25) is 14.9 Å². The molecule has 0 saturated carbocycles. The Bertz CT molecular complexity index is 1430. The Balaban J connectivity index is 2.01. The summed E-state index contributed by atoms with van der Waals surface area (Å²) in [5, 5.41) is 12.3. The molecule has 0 atom stereocenters. The zero-order valence-electron chi connectivity index (χ0n) is 17.0. The molecule has 0 saturated heterocycles. The third-order valence-electron chi connectivity index (χ3n) is 4.74. The summed E-state index contributed by atoms with van der Waals surface area (Å²) in [5.41, 5.74) is 10.4. The van der Waals surface area contributed by atoms with Crippen molar-refractivity contribution in [3.8, 4) is 28.1 Å². The number of benzene rings is 1. The Labute approximate surface area is 186 Å². The standard InChI is InChI=1S/C19H13F4N7O4/c1-26-17(31)8-2-7(11(20)15(12(8)24)33-18(32)19(21,22)23)13-10-14(34-30-16(10)25)9(5-27-13)6-3-28-29-4-6/h2-5H,24H2,1H3,(H2,25,30)(H,26,31)(H,28,29). The highest BCUT2D eigenvalue weighted by Crippen LogP contribution is 2.42. The number of rotatable bonds is 4. The molecule has 4 rings (SSSR count). The van der Waals surface area contributed by atoms with Crippen molar-refractivity contribution in [3.63, 3.8) is 0 Å². The summed E-state index contributed by atoms with van der Waals surface area (Å²) in [6.45, 7) is 0. The van der Waals surface area contributed by atoms with E-state index in [0.717, 1.165) is 6.07 Å². The van der Waals surface area contributed by atoms with E-state index in [9.17, 15) is 22.8 Å². The molecule has 15 heteroatoms. The van der Waals surface area contributed by atoms with Gasteiger partial charge in [0, 0.05) is 36.1 Å². The summed E-state index contributed by atoms with van der Waals surface area (Å²) in [7, 11) is 1.21. The number of ether oxygens (including phenoxy) is 1. The molecule has 0 bridgehead atoms. The van der Waals surface area contributed by atoms with E-state index in [4.69, 9.17) is 16.0 Å². The quantitative estimate of drug-likeness (QED) is 0.148. The zero-order chi connectivity index (χ0) is 24.8. The van der Waals surface area contributed by atoms with Crippen molar-refractivity contribution < 1.29 is 36.4 Å². The van der Waals surface area contributed by atoms with Crippen LogP contribution in [0.2, 0.25) is 0 Å². The Kier molecular flexibility index (Phi) is 5.31. The number of esters is 1. The van der Waals surface area contributed by atoms with E-state index in [-0.39, 0.29) is 22.5 Å². The fourth-order valence-corrected chi connectivity index (χ4v) is 3.17. The molecule has 34 heavy (non-hydrogen) atoms. The van der Waals surface area contributed by atoms with Crippen LogP contribution in [0.4, 0.5) is 29.1 Å². The van der Waals surface area contributed by atoms with Crippen LogP contribution in [-0.2, 0) is 4.79 Å². The molecule has 0 spiro atoms. The van der Waals surface area contributed by atoms with Crippen LogP contribution in [0.25, 0.3) is 33.4 Å². The van der Waals surface area contributed by atoms with E-state index in [1.54, 1.807) is 0 Å². The van der Waals surface area contributed by atoms with Crippen molar-refractivity contribution in [3.05, 3.63) is 36.0 Å². The van der Waals surface area contributed by atoms with Crippen molar-refractivity contribution in [2.45, 2.75) is 6.18 Å². The van der Waals surface area contributed by atoms with Crippen LogP contribution >= 0.6 is 0 Å². The van der Waals surface area contributed by atoms with E-state index in [0.29, 0.717) is 11.1 Å². The van der Waals surface area contributed by atoms with Gasteiger partial charge >= 0.3 is 12.1 Å². The minimum Gasteiger partial charge on any atom is -0.414 e. The average Bonchev–Trinajstić information content (AvgIpc) is 3.46. The number of nitrogens with two attached hydrogens (primary N) is 2. The van der Waals surface area contributed by atoms with Gasteiger partial charge in [0.05, 0.1) is 28.5 Å². The number of amides is 1. The average molecular weight is 479 g/mol. The molecular formula is C19H13F4N7O4. The first-order chi connectivity index (χ1) is 16.0. The monoisotopic (exact) mass is 479 g/mol. The summed E-state index contributed by atoms with van der Waals surface area (Å²) < 4.78 is 63.2. The number of pyridine rings is 1. The largest absolute Gasteiger partial charge is 0.491 e. The number of anilines is 2. The van der Waals surface area contributed by atoms with Crippen LogP contribution < -0.4 is 21.5 Å². The molecule has 4 aromatic rings. The van der Waals surface area contributed by atoms with E-state index in [2.05, 4.69) is 30.4 Å². The van der Waals surface area contributed by atoms with Gasteiger partial charge in [-0.2, -0.15) is 18.3 Å². The third kappa shape index (κ3) is 3.62. The van der Waals surface area contributed by atoms with Gasteiger partial charge in [-0.25, -0.2) is 9.18 Å². The van der Waals surface area contributed by atoms with E-state index in [1.807, 2.05) is 0 Å². The van der Waals surface area contributed by atoms with Crippen LogP contribution in [0.1, 0.15) is 10.4 Å². The Morgan fingerprint density at radius 1 is 1.21 bits per heavy atom. The van der Waals surface area contributed by atoms with Crippen LogP contribution in [0.15, 0.2) is 29.2 Å². The van der Waals surface area contributed by atoms with Crippen molar-refractivity contribution in [1.29, 1.82) is 0 Å². The highest BCUT2D eigenvalue weighted by Gasteiger charge is 2.42. The summed E-state index contributed by atoms with van der Waals surface area (Å²) >= 11 is 0. The molecule has 0 unspecified atom stereocenters. The van der Waals surface area contributed by atoms with Gasteiger partial charge < -0.3 is 26.0 Å². The second-order valence-corrected chi connectivity index (χ2v) is 6.77. The topological polar surface area (TPSA) is 175 Å². The SMILES string of the molecule is CNC(=O)c1cc(-c2ncc(-c3cn[nH]c3)c3onc(N)c23)c(F)c(OC(=O)C(F)(F)F)c1N. The number of aromatic amines is 1. The molecule has 3 aromatic heterocycles. The smallest absolute Gasteiger partial charge is 0.414 e. The lowest BCUT2D eigenvalue weighted by molar-refractivity contribution is -0.189. The normalized spacial score (nSPS) is 11.6. The summed E-state index contributed by atoms with van der Waals surface area (Å²) in [4.78, 5) is 27.8. The number of hydrogen-bond acceptors (Lipinski definition) is 9. The van der Waals surface area contributed by atoms with Crippen LogP contribution in [-0.4, -0.2) is 45.4 Å². The Morgan fingerprint density at radius 3 is 2.56 bits per heavy atom. The van der Waals surface area contributed by atoms with Crippen molar-refractivity contribution >= 4 is 34.4 Å². The lowest BCUT2D eigenvalue weighted by Gasteiger charge is -2.16. The van der Waals surface area contributed by atoms with Crippen LogP contribution in [0.5, 0.6) is 5.75 Å². The maximum absolute atomic E-state index is 15.5. The molecule has 3 heterocycles. The minimum atomic E-state index is -5.46. The van der Waals surface area contributed by atoms with E-state index >= 15 is 4.39 Å². The Hall–Kier alpha value is -4.69. The fourth-order valence-electron chi connectivity index (χ4n) is 3.17. The van der Waals surface area contributed by atoms with Gasteiger partial charge in [0.2, 0.25) is 0 Å². The fraction of sp³-hybridized carbons (Fsp3) is 0.105. The first-order valence-corrected chi connectivity index (χ1v) is 9.21. The van der Waals surface area contributed by atoms with Gasteiger partial charge in [-0.05, 0) is 6.07 Å². The van der Waals surface area contributed by atoms with E-state index < -0.39 is 46.4 Å². The number of aromatic nitrogens is 4. The number of carbonyl (C=O) groups excluding carboxylic acids is 2. The van der Waals surface area contributed by atoms with Gasteiger partial charge in [0.1, 0.15) is 0 Å². The number of nitrogens with zero attached hydrogens (tertiary/aromatic N) is 3. The van der Waals surface area contributed by atoms with Gasteiger partial charge in [-0.15, -0.1) is 0 Å². The molecule has 0 radical (unpaired) electrons. The maximum atomic E-state index is 15.5. The van der Waals surface area contributed by atoms with E-state index in [1.165, 1.54) is 25.6 Å². The zero-order valence-corrected chi connectivity index (χ0v) is 17.0.